The smallest absolute Gasteiger partial charge is 0.119 e. The summed E-state index contributed by atoms with van der Waals surface area (Å²) in [5.41, 5.74) is 3.09. The Bertz CT molecular complexity index is 540. The second-order valence-corrected chi connectivity index (χ2v) is 4.77. The predicted molar refractivity (Wildman–Crippen MR) is 79.6 cm³/mol. The van der Waals surface area contributed by atoms with Gasteiger partial charge in [-0.25, -0.2) is 0 Å². The number of ether oxygens (including phenoxy) is 1. The van der Waals surface area contributed by atoms with Crippen molar-refractivity contribution < 1.29 is 4.74 Å². The van der Waals surface area contributed by atoms with Gasteiger partial charge >= 0.3 is 0 Å². The maximum atomic E-state index is 5.52. The average molecular weight is 271 g/mol. The summed E-state index contributed by atoms with van der Waals surface area (Å²) in [7, 11) is 0. The summed E-state index contributed by atoms with van der Waals surface area (Å²) in [4.78, 5) is 0. The highest BCUT2D eigenvalue weighted by Crippen LogP contribution is 2.19. The summed E-state index contributed by atoms with van der Waals surface area (Å²) in [5.74, 6) is 0.911. The highest BCUT2D eigenvalue weighted by molar-refractivity contribution is 5.30. The molecule has 0 aliphatic heterocycles. The fourth-order valence-electron chi connectivity index (χ4n) is 1.94. The lowest BCUT2D eigenvalue weighted by Crippen LogP contribution is -2.19. The number of hydrogen-bond donors (Lipinski definition) is 1. The molecule has 1 unspecified atom stereocenters. The zero-order valence-electron chi connectivity index (χ0n) is 12.3. The van der Waals surface area contributed by atoms with Crippen molar-refractivity contribution in [2.75, 3.05) is 6.61 Å². The van der Waals surface area contributed by atoms with E-state index in [-0.39, 0.29) is 6.04 Å². The van der Waals surface area contributed by atoms with Gasteiger partial charge in [0.25, 0.3) is 0 Å². The molecule has 106 valence electrons. The first-order valence-electron chi connectivity index (χ1n) is 6.94. The van der Waals surface area contributed by atoms with Crippen LogP contribution in [0.25, 0.3) is 0 Å². The maximum absolute atomic E-state index is 5.52. The first-order chi connectivity index (χ1) is 9.69. The van der Waals surface area contributed by atoms with Gasteiger partial charge in [-0.1, -0.05) is 12.1 Å². The Hall–Kier alpha value is -1.94. The number of nitrogens with one attached hydrogen (secondary N) is 1. The summed E-state index contributed by atoms with van der Waals surface area (Å²) >= 11 is 0. The lowest BCUT2D eigenvalue weighted by Gasteiger charge is -2.15. The molecule has 1 atom stereocenters. The van der Waals surface area contributed by atoms with Crippen molar-refractivity contribution in [3.05, 3.63) is 53.3 Å². The quantitative estimate of drug-likeness (QED) is 0.877. The first kappa shape index (κ1) is 14.5. The van der Waals surface area contributed by atoms with Crippen molar-refractivity contribution in [3.8, 4) is 5.75 Å². The van der Waals surface area contributed by atoms with E-state index < -0.39 is 0 Å². The Morgan fingerprint density at radius 2 is 2.05 bits per heavy atom. The van der Waals surface area contributed by atoms with E-state index in [1.165, 1.54) is 5.56 Å². The molecule has 0 aliphatic carbocycles. The minimum atomic E-state index is 0.235. The molecule has 1 aromatic heterocycles. The molecular weight excluding hydrogens is 250 g/mol. The third kappa shape index (κ3) is 4.03. The molecule has 0 radical (unpaired) electrons. The van der Waals surface area contributed by atoms with Gasteiger partial charge in [-0.3, -0.25) is 0 Å². The summed E-state index contributed by atoms with van der Waals surface area (Å²) in [5, 5.41) is 11.7. The lowest BCUT2D eigenvalue weighted by molar-refractivity contribution is 0.339. The number of rotatable bonds is 6. The maximum Gasteiger partial charge on any atom is 0.119 e. The number of aryl methyl sites for hydroxylation is 1. The average Bonchev–Trinajstić information content (AvgIpc) is 2.47. The number of benzene rings is 1. The number of hydrogen-bond acceptors (Lipinski definition) is 4. The van der Waals surface area contributed by atoms with Crippen molar-refractivity contribution in [1.82, 2.24) is 15.5 Å². The molecule has 0 saturated heterocycles. The van der Waals surface area contributed by atoms with Gasteiger partial charge in [0.1, 0.15) is 5.75 Å². The topological polar surface area (TPSA) is 47.0 Å². The van der Waals surface area contributed by atoms with Crippen LogP contribution in [0.3, 0.4) is 0 Å². The van der Waals surface area contributed by atoms with Gasteiger partial charge in [-0.2, -0.15) is 10.2 Å². The third-order valence-electron chi connectivity index (χ3n) is 3.11. The summed E-state index contributed by atoms with van der Waals surface area (Å²) in [6.45, 7) is 7.45. The summed E-state index contributed by atoms with van der Waals surface area (Å²) in [6, 6.07) is 12.4. The molecule has 1 N–H and O–H groups in total. The van der Waals surface area contributed by atoms with E-state index in [1.54, 1.807) is 0 Å². The molecule has 0 bridgehead atoms. The molecule has 4 heteroatoms. The van der Waals surface area contributed by atoms with Crippen molar-refractivity contribution in [2.45, 2.75) is 33.4 Å². The van der Waals surface area contributed by atoms with Crippen LogP contribution in [0, 0.1) is 6.92 Å². The van der Waals surface area contributed by atoms with Crippen molar-refractivity contribution in [3.63, 3.8) is 0 Å². The van der Waals surface area contributed by atoms with E-state index in [4.69, 9.17) is 4.74 Å². The van der Waals surface area contributed by atoms with Crippen LogP contribution in [0.2, 0.25) is 0 Å². The van der Waals surface area contributed by atoms with Crippen molar-refractivity contribution >= 4 is 0 Å². The van der Waals surface area contributed by atoms with Gasteiger partial charge in [0.15, 0.2) is 0 Å². The first-order valence-corrected chi connectivity index (χ1v) is 6.94. The molecule has 1 heterocycles. The van der Waals surface area contributed by atoms with Crippen LogP contribution in [0.4, 0.5) is 0 Å². The Balaban J connectivity index is 1.95. The standard InChI is InChI=1S/C16H21N3O/c1-4-20-16-7-5-6-14(10-16)13(3)17-11-15-9-8-12(2)18-19-15/h5-10,13,17H,4,11H2,1-3H3. The van der Waals surface area contributed by atoms with E-state index in [0.717, 1.165) is 17.1 Å². The van der Waals surface area contributed by atoms with Crippen LogP contribution in [0.5, 0.6) is 5.75 Å². The Kier molecular flexibility index (Phi) is 5.07. The Morgan fingerprint density at radius 3 is 2.75 bits per heavy atom. The summed E-state index contributed by atoms with van der Waals surface area (Å²) < 4.78 is 5.52. The zero-order valence-corrected chi connectivity index (χ0v) is 12.3. The van der Waals surface area contributed by atoms with Gasteiger partial charge in [-0.15, -0.1) is 0 Å². The van der Waals surface area contributed by atoms with E-state index in [0.29, 0.717) is 13.2 Å². The minimum absolute atomic E-state index is 0.235. The SMILES string of the molecule is CCOc1cccc(C(C)NCc2ccc(C)nn2)c1. The van der Waals surface area contributed by atoms with Gasteiger partial charge in [-0.05, 0) is 50.6 Å². The van der Waals surface area contributed by atoms with Gasteiger partial charge in [0, 0.05) is 12.6 Å². The van der Waals surface area contributed by atoms with E-state index in [2.05, 4.69) is 34.6 Å². The fourth-order valence-corrected chi connectivity index (χ4v) is 1.94. The third-order valence-corrected chi connectivity index (χ3v) is 3.11. The molecule has 0 spiro atoms. The van der Waals surface area contributed by atoms with Crippen LogP contribution in [0.1, 0.15) is 36.8 Å². The van der Waals surface area contributed by atoms with Gasteiger partial charge in [0.05, 0.1) is 18.0 Å². The molecule has 2 aromatic rings. The number of nitrogens with zero attached hydrogens (tertiary/aromatic N) is 2. The fraction of sp³-hybridized carbons (Fsp3) is 0.375. The van der Waals surface area contributed by atoms with Crippen LogP contribution in [0.15, 0.2) is 36.4 Å². The molecular formula is C16H21N3O. The minimum Gasteiger partial charge on any atom is -0.494 e. The molecule has 1 aromatic carbocycles. The van der Waals surface area contributed by atoms with Crippen molar-refractivity contribution in [2.24, 2.45) is 0 Å². The monoisotopic (exact) mass is 271 g/mol. The largest absolute Gasteiger partial charge is 0.494 e. The van der Waals surface area contributed by atoms with Gasteiger partial charge < -0.3 is 10.1 Å². The normalized spacial score (nSPS) is 12.2. The van der Waals surface area contributed by atoms with Crippen LogP contribution in [-0.4, -0.2) is 16.8 Å². The Morgan fingerprint density at radius 1 is 1.20 bits per heavy atom. The van der Waals surface area contributed by atoms with E-state index in [9.17, 15) is 0 Å². The molecule has 4 nitrogen and oxygen atoms in total. The highest BCUT2D eigenvalue weighted by Gasteiger charge is 2.06. The predicted octanol–water partition coefficient (Wildman–Crippen LogP) is 3.03. The summed E-state index contributed by atoms with van der Waals surface area (Å²) in [6.07, 6.45) is 0. The van der Waals surface area contributed by atoms with Crippen LogP contribution in [-0.2, 0) is 6.54 Å². The molecule has 0 amide bonds. The molecule has 0 aliphatic rings. The zero-order chi connectivity index (χ0) is 14.4. The van der Waals surface area contributed by atoms with Crippen molar-refractivity contribution in [1.29, 1.82) is 0 Å². The van der Waals surface area contributed by atoms with Gasteiger partial charge in [0.2, 0.25) is 0 Å². The molecule has 20 heavy (non-hydrogen) atoms. The Labute approximate surface area is 120 Å². The van der Waals surface area contributed by atoms with E-state index >= 15 is 0 Å². The molecule has 0 fully saturated rings. The second-order valence-electron chi connectivity index (χ2n) is 4.77. The molecule has 2 rings (SSSR count). The lowest BCUT2D eigenvalue weighted by atomic mass is 10.1. The number of aromatic nitrogens is 2. The highest BCUT2D eigenvalue weighted by atomic mass is 16.5. The van der Waals surface area contributed by atoms with E-state index in [1.807, 2.05) is 38.1 Å². The van der Waals surface area contributed by atoms with Crippen LogP contribution < -0.4 is 10.1 Å². The van der Waals surface area contributed by atoms with Crippen LogP contribution >= 0.6 is 0 Å². The second kappa shape index (κ2) is 7.01. The molecule has 0 saturated carbocycles.